The second-order valence-corrected chi connectivity index (χ2v) is 12.5. The van der Waals surface area contributed by atoms with Crippen LogP contribution < -0.4 is 10.6 Å². The molecule has 0 spiro atoms. The lowest BCUT2D eigenvalue weighted by atomic mass is 10.1. The number of hydrogen-bond acceptors (Lipinski definition) is 5. The largest absolute Gasteiger partial charge is 0.336 e. The molecule has 2 aromatic heterocycles. The summed E-state index contributed by atoms with van der Waals surface area (Å²) in [5.41, 5.74) is 3.91. The van der Waals surface area contributed by atoms with Crippen molar-refractivity contribution < 1.29 is 9.59 Å². The zero-order chi connectivity index (χ0) is 31.0. The summed E-state index contributed by atoms with van der Waals surface area (Å²) in [7, 11) is 1.92. The highest BCUT2D eigenvalue weighted by Gasteiger charge is 2.26. The van der Waals surface area contributed by atoms with E-state index in [1.807, 2.05) is 86.5 Å². The number of nitrogens with zero attached hydrogens (tertiary/aromatic N) is 3. The molecule has 4 aromatic carbocycles. The first-order valence-electron chi connectivity index (χ1n) is 14.6. The van der Waals surface area contributed by atoms with Crippen LogP contribution in [0.15, 0.2) is 93.9 Å². The molecule has 222 valence electrons. The number of carbonyl (C=O) groups excluding carboxylic acids is 2. The standard InChI is InChI=1S/C35H31Br2N5O2/c1-4-28(38-34(43)24-14-6-10-20-18-22-12-8-16-26(36)32(22)40-30(20)24)42(3)29(5-2)39-35(44)25-15-7-11-21-19-23-13-9-17-27(37)33(23)41-31(21)25/h6-19,28-29H,4-5H2,1-3H3,(H,38,43)(H,39,44). The first kappa shape index (κ1) is 30.1. The van der Waals surface area contributed by atoms with Crippen molar-refractivity contribution in [2.75, 3.05) is 7.05 Å². The van der Waals surface area contributed by atoms with E-state index in [1.165, 1.54) is 0 Å². The second kappa shape index (κ2) is 12.6. The van der Waals surface area contributed by atoms with Crippen molar-refractivity contribution in [2.45, 2.75) is 39.0 Å². The summed E-state index contributed by atoms with van der Waals surface area (Å²) in [6.07, 6.45) is 0.607. The fraction of sp³-hybridized carbons (Fsp3) is 0.200. The number of hydrogen-bond donors (Lipinski definition) is 2. The Bertz CT molecular complexity index is 1920. The topological polar surface area (TPSA) is 87.2 Å². The van der Waals surface area contributed by atoms with Crippen LogP contribution in [0.3, 0.4) is 0 Å². The van der Waals surface area contributed by atoms with Gasteiger partial charge < -0.3 is 10.6 Å². The fourth-order valence-electron chi connectivity index (χ4n) is 5.72. The summed E-state index contributed by atoms with van der Waals surface area (Å²) in [6.45, 7) is 4.03. The number of nitrogens with one attached hydrogen (secondary N) is 2. The van der Waals surface area contributed by atoms with Gasteiger partial charge in [-0.15, -0.1) is 0 Å². The molecule has 2 amide bonds. The molecule has 0 aliphatic heterocycles. The van der Waals surface area contributed by atoms with E-state index in [0.29, 0.717) is 35.0 Å². The second-order valence-electron chi connectivity index (χ2n) is 10.8. The Morgan fingerprint density at radius 3 is 1.39 bits per heavy atom. The lowest BCUT2D eigenvalue weighted by Crippen LogP contribution is -2.55. The van der Waals surface area contributed by atoms with Gasteiger partial charge in [0.2, 0.25) is 0 Å². The maximum absolute atomic E-state index is 13.7. The zero-order valence-electron chi connectivity index (χ0n) is 24.6. The Morgan fingerprint density at radius 2 is 1.00 bits per heavy atom. The summed E-state index contributed by atoms with van der Waals surface area (Å²) in [5.74, 6) is -0.435. The molecule has 6 rings (SSSR count). The molecule has 2 heterocycles. The van der Waals surface area contributed by atoms with E-state index in [2.05, 4.69) is 54.6 Å². The normalized spacial score (nSPS) is 13.0. The third kappa shape index (κ3) is 5.67. The molecule has 7 nitrogen and oxygen atoms in total. The highest BCUT2D eigenvalue weighted by atomic mass is 79.9. The minimum Gasteiger partial charge on any atom is -0.336 e. The van der Waals surface area contributed by atoms with E-state index in [4.69, 9.17) is 9.97 Å². The molecule has 2 N–H and O–H groups in total. The predicted octanol–water partition coefficient (Wildman–Crippen LogP) is 8.18. The molecule has 0 radical (unpaired) electrons. The van der Waals surface area contributed by atoms with Crippen LogP contribution in [0, 0.1) is 0 Å². The third-order valence-electron chi connectivity index (χ3n) is 8.08. The molecule has 6 aromatic rings. The Morgan fingerprint density at radius 1 is 0.636 bits per heavy atom. The smallest absolute Gasteiger partial charge is 0.254 e. The van der Waals surface area contributed by atoms with Crippen LogP contribution in [-0.4, -0.2) is 46.1 Å². The predicted molar refractivity (Wildman–Crippen MR) is 185 cm³/mol. The molecule has 9 heteroatoms. The summed E-state index contributed by atoms with van der Waals surface area (Å²) < 4.78 is 1.75. The molecular formula is C35H31Br2N5O2. The Labute approximate surface area is 272 Å². The van der Waals surface area contributed by atoms with Gasteiger partial charge in [-0.1, -0.05) is 62.4 Å². The SMILES string of the molecule is CCC(NC(=O)c1cccc2cc3cccc(Br)c3nc12)N(C)C(CC)NC(=O)c1cccc2cc3cccc(Br)c3nc12. The number of para-hydroxylation sites is 4. The number of rotatable bonds is 8. The van der Waals surface area contributed by atoms with Crippen LogP contribution in [-0.2, 0) is 0 Å². The molecule has 0 bridgehead atoms. The summed E-state index contributed by atoms with van der Waals surface area (Å²) >= 11 is 7.18. The van der Waals surface area contributed by atoms with Crippen LogP contribution in [0.2, 0.25) is 0 Å². The van der Waals surface area contributed by atoms with Crippen LogP contribution >= 0.6 is 31.9 Å². The van der Waals surface area contributed by atoms with Gasteiger partial charge in [0, 0.05) is 30.5 Å². The van der Waals surface area contributed by atoms with Crippen molar-refractivity contribution >= 4 is 87.3 Å². The summed E-state index contributed by atoms with van der Waals surface area (Å²) in [6, 6.07) is 27.2. The number of pyridine rings is 2. The Balaban J connectivity index is 1.25. The molecule has 0 aliphatic carbocycles. The highest BCUT2D eigenvalue weighted by Crippen LogP contribution is 2.29. The van der Waals surface area contributed by atoms with Crippen molar-refractivity contribution in [1.29, 1.82) is 0 Å². The monoisotopic (exact) mass is 711 g/mol. The van der Waals surface area contributed by atoms with Gasteiger partial charge in [0.1, 0.15) is 0 Å². The molecule has 44 heavy (non-hydrogen) atoms. The molecule has 0 saturated heterocycles. The average Bonchev–Trinajstić information content (AvgIpc) is 3.03. The lowest BCUT2D eigenvalue weighted by Gasteiger charge is -2.35. The van der Waals surface area contributed by atoms with Gasteiger partial charge in [-0.25, -0.2) is 9.97 Å². The molecule has 0 saturated carbocycles. The average molecular weight is 713 g/mol. The van der Waals surface area contributed by atoms with Gasteiger partial charge >= 0.3 is 0 Å². The number of carbonyl (C=O) groups is 2. The van der Waals surface area contributed by atoms with Crippen molar-refractivity contribution in [2.24, 2.45) is 0 Å². The van der Waals surface area contributed by atoms with E-state index in [0.717, 1.165) is 41.5 Å². The van der Waals surface area contributed by atoms with E-state index in [1.54, 1.807) is 12.1 Å². The molecule has 0 aliphatic rings. The van der Waals surface area contributed by atoms with Gasteiger partial charge in [-0.05, 0) is 88.1 Å². The summed E-state index contributed by atoms with van der Waals surface area (Å²) in [5, 5.41) is 10.2. The fourth-order valence-corrected chi connectivity index (χ4v) is 6.66. The molecule has 2 unspecified atom stereocenters. The Kier molecular flexibility index (Phi) is 8.62. The van der Waals surface area contributed by atoms with Gasteiger partial charge in [0.05, 0.1) is 45.5 Å². The van der Waals surface area contributed by atoms with Gasteiger partial charge in [0.25, 0.3) is 11.8 Å². The van der Waals surface area contributed by atoms with Crippen LogP contribution in [0.1, 0.15) is 47.4 Å². The van der Waals surface area contributed by atoms with E-state index in [9.17, 15) is 9.59 Å². The molecule has 0 fully saturated rings. The minimum absolute atomic E-state index is 0.218. The van der Waals surface area contributed by atoms with E-state index < -0.39 is 0 Å². The van der Waals surface area contributed by atoms with E-state index >= 15 is 0 Å². The summed E-state index contributed by atoms with van der Waals surface area (Å²) in [4.78, 5) is 39.1. The lowest BCUT2D eigenvalue weighted by molar-refractivity contribution is 0.0701. The number of amides is 2. The maximum Gasteiger partial charge on any atom is 0.254 e. The quantitative estimate of drug-likeness (QED) is 0.123. The van der Waals surface area contributed by atoms with Crippen molar-refractivity contribution in [3.8, 4) is 0 Å². The minimum atomic E-state index is -0.333. The van der Waals surface area contributed by atoms with Crippen molar-refractivity contribution in [1.82, 2.24) is 25.5 Å². The zero-order valence-corrected chi connectivity index (χ0v) is 27.7. The van der Waals surface area contributed by atoms with Crippen LogP contribution in [0.4, 0.5) is 0 Å². The third-order valence-corrected chi connectivity index (χ3v) is 9.36. The molecular weight excluding hydrogens is 682 g/mol. The van der Waals surface area contributed by atoms with Gasteiger partial charge in [-0.3, -0.25) is 14.5 Å². The Hall–Kier alpha value is -3.92. The highest BCUT2D eigenvalue weighted by molar-refractivity contribution is 9.11. The van der Waals surface area contributed by atoms with Crippen LogP contribution in [0.5, 0.6) is 0 Å². The van der Waals surface area contributed by atoms with Crippen molar-refractivity contribution in [3.05, 3.63) is 105 Å². The number of benzene rings is 4. The number of fused-ring (bicyclic) bond motifs is 4. The number of aromatic nitrogens is 2. The number of halogens is 2. The van der Waals surface area contributed by atoms with Crippen LogP contribution in [0.25, 0.3) is 43.6 Å². The first-order chi connectivity index (χ1) is 21.3. The van der Waals surface area contributed by atoms with E-state index in [-0.39, 0.29) is 24.1 Å². The van der Waals surface area contributed by atoms with Gasteiger partial charge in [-0.2, -0.15) is 0 Å². The van der Waals surface area contributed by atoms with Gasteiger partial charge in [0.15, 0.2) is 0 Å². The first-order valence-corrected chi connectivity index (χ1v) is 16.2. The molecule has 2 atom stereocenters. The maximum atomic E-state index is 13.7. The van der Waals surface area contributed by atoms with Crippen molar-refractivity contribution in [3.63, 3.8) is 0 Å².